The fourth-order valence-electron chi connectivity index (χ4n) is 6.91. The molecule has 0 radical (unpaired) electrons. The molecule has 46 heavy (non-hydrogen) atoms. The molecule has 0 aromatic heterocycles. The zero-order valence-electron chi connectivity index (χ0n) is 26.3. The van der Waals surface area contributed by atoms with E-state index in [1.165, 1.54) is 0 Å². The quantitative estimate of drug-likeness (QED) is 0.0952. The largest absolute Gasteiger partial charge is 0.462 e. The average Bonchev–Trinajstić information content (AvgIpc) is 3.06. The van der Waals surface area contributed by atoms with Crippen LogP contribution < -0.4 is 0 Å². The molecule has 0 saturated carbocycles. The summed E-state index contributed by atoms with van der Waals surface area (Å²) in [6.07, 6.45) is 1.20. The molecule has 3 aliphatic rings. The van der Waals surface area contributed by atoms with Crippen molar-refractivity contribution in [2.24, 2.45) is 0 Å². The summed E-state index contributed by atoms with van der Waals surface area (Å²) < 4.78 is 21.0. The van der Waals surface area contributed by atoms with E-state index < -0.39 is 22.8 Å². The van der Waals surface area contributed by atoms with E-state index in [1.807, 2.05) is 36.4 Å². The molecule has 8 nitrogen and oxygen atoms in total. The van der Waals surface area contributed by atoms with Crippen molar-refractivity contribution >= 4 is 23.9 Å². The molecule has 0 unspecified atom stereocenters. The van der Waals surface area contributed by atoms with Gasteiger partial charge in [-0.1, -0.05) is 86.0 Å². The lowest BCUT2D eigenvalue weighted by atomic mass is 9.45. The van der Waals surface area contributed by atoms with Gasteiger partial charge < -0.3 is 18.9 Å². The lowest BCUT2D eigenvalue weighted by molar-refractivity contribution is -0.150. The van der Waals surface area contributed by atoms with E-state index in [-0.39, 0.29) is 62.4 Å². The van der Waals surface area contributed by atoms with E-state index in [4.69, 9.17) is 18.9 Å². The highest BCUT2D eigenvalue weighted by Gasteiger charge is 2.58. The van der Waals surface area contributed by atoms with Crippen LogP contribution in [-0.2, 0) is 49.0 Å². The van der Waals surface area contributed by atoms with Crippen molar-refractivity contribution in [1.29, 1.82) is 0 Å². The Bertz CT molecular complexity index is 1460. The van der Waals surface area contributed by atoms with Gasteiger partial charge in [-0.15, -0.1) is 0 Å². The lowest BCUT2D eigenvalue weighted by Crippen LogP contribution is -2.51. The van der Waals surface area contributed by atoms with Crippen molar-refractivity contribution < 1.29 is 38.1 Å². The molecule has 3 aromatic rings. The summed E-state index contributed by atoms with van der Waals surface area (Å²) in [4.78, 5) is 49.4. The molecule has 2 bridgehead atoms. The molecule has 0 saturated heterocycles. The summed E-state index contributed by atoms with van der Waals surface area (Å²) in [5, 5.41) is 0. The first kappa shape index (κ1) is 32.4. The zero-order valence-corrected chi connectivity index (χ0v) is 26.3. The molecule has 3 aliphatic carbocycles. The number of rotatable bonds is 14. The summed E-state index contributed by atoms with van der Waals surface area (Å²) in [7, 11) is 0. The van der Waals surface area contributed by atoms with Gasteiger partial charge in [0.1, 0.15) is 26.4 Å². The normalized spacial score (nSPS) is 18.3. The van der Waals surface area contributed by atoms with Crippen LogP contribution in [0.25, 0.3) is 0 Å². The van der Waals surface area contributed by atoms with E-state index in [9.17, 15) is 19.2 Å². The van der Waals surface area contributed by atoms with Gasteiger partial charge in [0.2, 0.25) is 0 Å². The Hall–Kier alpha value is -4.98. The van der Waals surface area contributed by atoms with Crippen LogP contribution in [0.4, 0.5) is 0 Å². The molecule has 0 aliphatic heterocycles. The minimum Gasteiger partial charge on any atom is -0.462 e. The molecule has 0 amide bonds. The summed E-state index contributed by atoms with van der Waals surface area (Å²) in [5.74, 6) is -1.81. The first-order valence-corrected chi connectivity index (χ1v) is 15.4. The van der Waals surface area contributed by atoms with Crippen LogP contribution in [0.15, 0.2) is 97.1 Å². The van der Waals surface area contributed by atoms with Crippen LogP contribution in [0.2, 0.25) is 0 Å². The maximum absolute atomic E-state index is 13.0. The van der Waals surface area contributed by atoms with Crippen LogP contribution in [0.3, 0.4) is 0 Å². The van der Waals surface area contributed by atoms with E-state index in [0.717, 1.165) is 33.4 Å². The van der Waals surface area contributed by atoms with Gasteiger partial charge in [-0.05, 0) is 60.1 Å². The third kappa shape index (κ3) is 5.87. The van der Waals surface area contributed by atoms with E-state index in [2.05, 4.69) is 49.6 Å². The van der Waals surface area contributed by atoms with Gasteiger partial charge in [-0.25, -0.2) is 9.59 Å². The molecule has 6 rings (SSSR count). The molecular weight excluding hydrogens is 584 g/mol. The minimum atomic E-state index is -0.620. The molecule has 0 atom stereocenters. The number of hydrogen-bond acceptors (Lipinski definition) is 8. The van der Waals surface area contributed by atoms with Crippen molar-refractivity contribution in [3.8, 4) is 0 Å². The number of ether oxygens (including phenoxy) is 4. The van der Waals surface area contributed by atoms with Crippen molar-refractivity contribution in [3.05, 3.63) is 130 Å². The molecule has 0 spiro atoms. The van der Waals surface area contributed by atoms with E-state index >= 15 is 0 Å². The minimum absolute atomic E-state index is 0.0375. The highest BCUT2D eigenvalue weighted by atomic mass is 16.6. The van der Waals surface area contributed by atoms with Gasteiger partial charge in [0.25, 0.3) is 0 Å². The van der Waals surface area contributed by atoms with Gasteiger partial charge in [-0.2, -0.15) is 0 Å². The molecule has 8 heteroatoms. The van der Waals surface area contributed by atoms with E-state index in [1.54, 1.807) is 13.8 Å². The zero-order chi connectivity index (χ0) is 32.9. The second kappa shape index (κ2) is 13.6. The van der Waals surface area contributed by atoms with Crippen LogP contribution in [-0.4, -0.2) is 50.3 Å². The monoisotopic (exact) mass is 622 g/mol. The average molecular weight is 623 g/mol. The fraction of sp³-hybridized carbons (Fsp3) is 0.316. The smallest absolute Gasteiger partial charge is 0.333 e. The Morgan fingerprint density at radius 1 is 0.500 bits per heavy atom. The number of benzene rings is 3. The second-order valence-electron chi connectivity index (χ2n) is 11.7. The summed E-state index contributed by atoms with van der Waals surface area (Å²) in [5.41, 5.74) is 5.88. The standard InChI is InChI=1S/C38H38O8/c1-25(2)35(41)45-23-21-43-33(39)17-19-37-27-11-5-8-14-30(27)38(31-15-9-6-12-28(31)37,32-16-10-7-13-29(32)37)20-18-34(40)44-22-24-46-36(42)26(3)4/h5-16H,1,3,17-24H2,2,4H3. The summed E-state index contributed by atoms with van der Waals surface area (Å²) in [6, 6.07) is 24.8. The summed E-state index contributed by atoms with van der Waals surface area (Å²) >= 11 is 0. The first-order chi connectivity index (χ1) is 22.1. The van der Waals surface area contributed by atoms with Crippen LogP contribution in [0, 0.1) is 0 Å². The fourth-order valence-corrected chi connectivity index (χ4v) is 6.91. The lowest BCUT2D eigenvalue weighted by Gasteiger charge is -2.57. The van der Waals surface area contributed by atoms with Crippen molar-refractivity contribution in [2.75, 3.05) is 26.4 Å². The Balaban J connectivity index is 1.42. The first-order valence-electron chi connectivity index (χ1n) is 15.4. The number of hydrogen-bond donors (Lipinski definition) is 0. The second-order valence-corrected chi connectivity index (χ2v) is 11.7. The topological polar surface area (TPSA) is 105 Å². The highest BCUT2D eigenvalue weighted by molar-refractivity contribution is 5.87. The maximum Gasteiger partial charge on any atom is 0.333 e. The third-order valence-corrected chi connectivity index (χ3v) is 8.80. The van der Waals surface area contributed by atoms with Crippen LogP contribution >= 0.6 is 0 Å². The summed E-state index contributed by atoms with van der Waals surface area (Å²) in [6.45, 7) is 10.1. The molecular formula is C38H38O8. The van der Waals surface area contributed by atoms with Crippen LogP contribution in [0.1, 0.15) is 72.9 Å². The van der Waals surface area contributed by atoms with Gasteiger partial charge in [-0.3, -0.25) is 9.59 Å². The molecule has 0 fully saturated rings. The van der Waals surface area contributed by atoms with Crippen molar-refractivity contribution in [1.82, 2.24) is 0 Å². The number of carbonyl (C=O) groups is 4. The van der Waals surface area contributed by atoms with E-state index in [0.29, 0.717) is 12.8 Å². The van der Waals surface area contributed by atoms with Gasteiger partial charge >= 0.3 is 23.9 Å². The van der Waals surface area contributed by atoms with Crippen molar-refractivity contribution in [2.45, 2.75) is 50.4 Å². The third-order valence-electron chi connectivity index (χ3n) is 8.80. The Morgan fingerprint density at radius 3 is 1.02 bits per heavy atom. The molecule has 238 valence electrons. The SMILES string of the molecule is C=C(C)C(=O)OCCOC(=O)CCC12c3ccccc3C(CCC(=O)OCCOC(=O)C(=C)C)(c3ccccc31)c1ccccc12. The molecule has 3 aromatic carbocycles. The van der Waals surface area contributed by atoms with Crippen molar-refractivity contribution in [3.63, 3.8) is 0 Å². The Kier molecular flexibility index (Phi) is 9.56. The Labute approximate surface area is 269 Å². The van der Waals surface area contributed by atoms with Gasteiger partial charge in [0, 0.05) is 34.8 Å². The maximum atomic E-state index is 13.0. The predicted octanol–water partition coefficient (Wildman–Crippen LogP) is 5.87. The predicted molar refractivity (Wildman–Crippen MR) is 171 cm³/mol. The Morgan fingerprint density at radius 2 is 0.761 bits per heavy atom. The number of esters is 4. The van der Waals surface area contributed by atoms with Gasteiger partial charge in [0.05, 0.1) is 0 Å². The number of carbonyl (C=O) groups excluding carboxylic acids is 4. The van der Waals surface area contributed by atoms with Gasteiger partial charge in [0.15, 0.2) is 0 Å². The highest BCUT2D eigenvalue weighted by Crippen LogP contribution is 2.64. The van der Waals surface area contributed by atoms with Crippen LogP contribution in [0.5, 0.6) is 0 Å². The molecule has 0 N–H and O–H groups in total. The molecule has 0 heterocycles.